The van der Waals surface area contributed by atoms with Crippen LogP contribution in [0.2, 0.25) is 0 Å². The normalized spacial score (nSPS) is 21.0. The second kappa shape index (κ2) is 5.72. The molecule has 18 heavy (non-hydrogen) atoms. The fourth-order valence-corrected chi connectivity index (χ4v) is 2.88. The van der Waals surface area contributed by atoms with E-state index in [9.17, 15) is 0 Å². The third kappa shape index (κ3) is 3.03. The Hall–Kier alpha value is -1.06. The Balaban J connectivity index is 2.17. The van der Waals surface area contributed by atoms with Gasteiger partial charge in [-0.3, -0.25) is 0 Å². The highest BCUT2D eigenvalue weighted by atomic mass is 16.5. The first kappa shape index (κ1) is 13.4. The molecule has 0 aliphatic carbocycles. The van der Waals surface area contributed by atoms with Crippen molar-refractivity contribution in [1.82, 2.24) is 10.2 Å². The minimum atomic E-state index is 0.527. The Morgan fingerprint density at radius 3 is 2.83 bits per heavy atom. The molecule has 0 aromatic heterocycles. The maximum Gasteiger partial charge on any atom is 0.125 e. The molecule has 1 aliphatic rings. The molecular weight excluding hydrogens is 224 g/mol. The van der Waals surface area contributed by atoms with Crippen molar-refractivity contribution < 1.29 is 4.74 Å². The predicted octanol–water partition coefficient (Wildman–Crippen LogP) is 1.76. The number of hydrogen-bond acceptors (Lipinski definition) is 3. The molecule has 1 heterocycles. The molecule has 1 N–H and O–H groups in total. The zero-order valence-corrected chi connectivity index (χ0v) is 11.9. The maximum absolute atomic E-state index is 5.56. The number of methoxy groups -OCH3 is 1. The second-order valence-electron chi connectivity index (χ2n) is 5.39. The topological polar surface area (TPSA) is 24.5 Å². The summed E-state index contributed by atoms with van der Waals surface area (Å²) in [6.07, 6.45) is 1.04. The predicted molar refractivity (Wildman–Crippen MR) is 75.5 cm³/mol. The van der Waals surface area contributed by atoms with Crippen LogP contribution in [0.5, 0.6) is 5.75 Å². The van der Waals surface area contributed by atoms with Crippen molar-refractivity contribution in [3.63, 3.8) is 0 Å². The van der Waals surface area contributed by atoms with Crippen molar-refractivity contribution in [1.29, 1.82) is 0 Å². The van der Waals surface area contributed by atoms with E-state index in [0.29, 0.717) is 6.04 Å². The number of nitrogens with one attached hydrogen (secondary N) is 1. The minimum Gasteiger partial charge on any atom is -0.496 e. The fraction of sp³-hybridized carbons (Fsp3) is 0.600. The number of rotatable bonds is 3. The quantitative estimate of drug-likeness (QED) is 0.882. The number of likely N-dealkylation sites (N-methyl/N-ethyl adjacent to an activating group) is 1. The molecular formula is C15H24N2O. The molecule has 100 valence electrons. The van der Waals surface area contributed by atoms with E-state index in [1.165, 1.54) is 16.7 Å². The molecule has 3 heteroatoms. The SMILES string of the molecule is COc1c(C)cc(C)cc1CC1CN(C)CCN1. The molecule has 0 saturated carbocycles. The molecule has 0 amide bonds. The van der Waals surface area contributed by atoms with Crippen molar-refractivity contribution in [2.75, 3.05) is 33.8 Å². The van der Waals surface area contributed by atoms with Crippen LogP contribution in [-0.4, -0.2) is 44.7 Å². The summed E-state index contributed by atoms with van der Waals surface area (Å²) in [7, 11) is 3.95. The van der Waals surface area contributed by atoms with E-state index in [1.807, 2.05) is 0 Å². The van der Waals surface area contributed by atoms with Gasteiger partial charge in [-0.1, -0.05) is 17.7 Å². The molecule has 2 rings (SSSR count). The lowest BCUT2D eigenvalue weighted by Gasteiger charge is -2.31. The number of benzene rings is 1. The van der Waals surface area contributed by atoms with Gasteiger partial charge in [-0.05, 0) is 38.4 Å². The van der Waals surface area contributed by atoms with Gasteiger partial charge in [-0.25, -0.2) is 0 Å². The summed E-state index contributed by atoms with van der Waals surface area (Å²) in [5.74, 6) is 1.05. The fourth-order valence-electron chi connectivity index (χ4n) is 2.88. The molecule has 1 saturated heterocycles. The monoisotopic (exact) mass is 248 g/mol. The average molecular weight is 248 g/mol. The largest absolute Gasteiger partial charge is 0.496 e. The van der Waals surface area contributed by atoms with Crippen molar-refractivity contribution in [2.45, 2.75) is 26.3 Å². The summed E-state index contributed by atoms with van der Waals surface area (Å²) in [5.41, 5.74) is 3.87. The van der Waals surface area contributed by atoms with Crippen LogP contribution in [0, 0.1) is 13.8 Å². The Morgan fingerprint density at radius 1 is 1.39 bits per heavy atom. The number of nitrogens with zero attached hydrogens (tertiary/aromatic N) is 1. The third-order valence-electron chi connectivity index (χ3n) is 3.62. The van der Waals surface area contributed by atoms with Crippen LogP contribution in [0.3, 0.4) is 0 Å². The highest BCUT2D eigenvalue weighted by Gasteiger charge is 2.19. The Kier molecular flexibility index (Phi) is 4.25. The van der Waals surface area contributed by atoms with Crippen molar-refractivity contribution in [3.05, 3.63) is 28.8 Å². The van der Waals surface area contributed by atoms with Gasteiger partial charge in [0, 0.05) is 25.7 Å². The smallest absolute Gasteiger partial charge is 0.125 e. The van der Waals surface area contributed by atoms with Gasteiger partial charge in [0.2, 0.25) is 0 Å². The summed E-state index contributed by atoms with van der Waals surface area (Å²) < 4.78 is 5.56. The van der Waals surface area contributed by atoms with Crippen LogP contribution in [0.15, 0.2) is 12.1 Å². The van der Waals surface area contributed by atoms with Gasteiger partial charge in [-0.2, -0.15) is 0 Å². The lowest BCUT2D eigenvalue weighted by molar-refractivity contribution is 0.237. The molecule has 1 fully saturated rings. The summed E-state index contributed by atoms with van der Waals surface area (Å²) in [6.45, 7) is 7.59. The number of piperazine rings is 1. The summed E-state index contributed by atoms with van der Waals surface area (Å²) in [4.78, 5) is 2.39. The molecule has 0 bridgehead atoms. The zero-order valence-electron chi connectivity index (χ0n) is 11.9. The Bertz CT molecular complexity index is 417. The molecule has 1 aromatic carbocycles. The molecule has 0 spiro atoms. The highest BCUT2D eigenvalue weighted by molar-refractivity contribution is 5.44. The van der Waals surface area contributed by atoms with Crippen LogP contribution >= 0.6 is 0 Å². The van der Waals surface area contributed by atoms with E-state index in [4.69, 9.17) is 4.74 Å². The van der Waals surface area contributed by atoms with E-state index < -0.39 is 0 Å². The third-order valence-corrected chi connectivity index (χ3v) is 3.62. The lowest BCUT2D eigenvalue weighted by atomic mass is 9.98. The van der Waals surface area contributed by atoms with Gasteiger partial charge in [-0.15, -0.1) is 0 Å². The summed E-state index contributed by atoms with van der Waals surface area (Å²) in [5, 5.41) is 3.59. The van der Waals surface area contributed by atoms with Crippen LogP contribution in [0.4, 0.5) is 0 Å². The Labute approximate surface area is 110 Å². The second-order valence-corrected chi connectivity index (χ2v) is 5.39. The van der Waals surface area contributed by atoms with Crippen molar-refractivity contribution >= 4 is 0 Å². The van der Waals surface area contributed by atoms with Crippen molar-refractivity contribution in [2.24, 2.45) is 0 Å². The lowest BCUT2D eigenvalue weighted by Crippen LogP contribution is -2.49. The van der Waals surface area contributed by atoms with Gasteiger partial charge in [0.1, 0.15) is 5.75 Å². The molecule has 1 unspecified atom stereocenters. The van der Waals surface area contributed by atoms with Crippen LogP contribution in [-0.2, 0) is 6.42 Å². The van der Waals surface area contributed by atoms with E-state index in [2.05, 4.69) is 43.2 Å². The number of hydrogen-bond donors (Lipinski definition) is 1. The molecule has 3 nitrogen and oxygen atoms in total. The first-order chi connectivity index (χ1) is 8.60. The molecule has 1 atom stereocenters. The maximum atomic E-state index is 5.56. The van der Waals surface area contributed by atoms with Crippen LogP contribution in [0.1, 0.15) is 16.7 Å². The van der Waals surface area contributed by atoms with Gasteiger partial charge < -0.3 is 15.0 Å². The standard InChI is InChI=1S/C15H24N2O/c1-11-7-12(2)15(18-4)13(8-11)9-14-10-17(3)6-5-16-14/h7-8,14,16H,5-6,9-10H2,1-4H3. The molecule has 1 aliphatic heterocycles. The Morgan fingerprint density at radius 2 is 2.17 bits per heavy atom. The highest BCUT2D eigenvalue weighted by Crippen LogP contribution is 2.26. The van der Waals surface area contributed by atoms with Gasteiger partial charge >= 0.3 is 0 Å². The van der Waals surface area contributed by atoms with Crippen LogP contribution in [0.25, 0.3) is 0 Å². The van der Waals surface area contributed by atoms with Gasteiger partial charge in [0.15, 0.2) is 0 Å². The first-order valence-electron chi connectivity index (χ1n) is 6.66. The van der Waals surface area contributed by atoms with E-state index in [-0.39, 0.29) is 0 Å². The van der Waals surface area contributed by atoms with E-state index in [1.54, 1.807) is 7.11 Å². The van der Waals surface area contributed by atoms with E-state index >= 15 is 0 Å². The minimum absolute atomic E-state index is 0.527. The van der Waals surface area contributed by atoms with Crippen LogP contribution < -0.4 is 10.1 Å². The zero-order chi connectivity index (χ0) is 13.1. The van der Waals surface area contributed by atoms with Gasteiger partial charge in [0.25, 0.3) is 0 Å². The van der Waals surface area contributed by atoms with E-state index in [0.717, 1.165) is 31.8 Å². The summed E-state index contributed by atoms with van der Waals surface area (Å²) >= 11 is 0. The number of ether oxygens (including phenoxy) is 1. The van der Waals surface area contributed by atoms with Crippen molar-refractivity contribution in [3.8, 4) is 5.75 Å². The average Bonchev–Trinajstić information content (AvgIpc) is 2.28. The first-order valence-corrected chi connectivity index (χ1v) is 6.66. The molecule has 1 aromatic rings. The number of aryl methyl sites for hydroxylation is 2. The summed E-state index contributed by atoms with van der Waals surface area (Å²) in [6, 6.07) is 4.96. The van der Waals surface area contributed by atoms with Gasteiger partial charge in [0.05, 0.1) is 7.11 Å². The molecule has 0 radical (unpaired) electrons.